The fourth-order valence-corrected chi connectivity index (χ4v) is 5.30. The molecule has 5 atom stereocenters. The summed E-state index contributed by atoms with van der Waals surface area (Å²) < 4.78 is 43.7. The van der Waals surface area contributed by atoms with Gasteiger partial charge in [-0.1, -0.05) is 26.7 Å². The molecule has 2 aromatic heterocycles. The van der Waals surface area contributed by atoms with Crippen LogP contribution in [-0.4, -0.2) is 50.4 Å². The molecule has 0 saturated carbocycles. The lowest BCUT2D eigenvalue weighted by molar-refractivity contribution is -0.165. The zero-order valence-corrected chi connectivity index (χ0v) is 19.1. The van der Waals surface area contributed by atoms with Crippen LogP contribution in [0.5, 0.6) is 0 Å². The van der Waals surface area contributed by atoms with Crippen molar-refractivity contribution >= 4 is 25.1 Å². The highest BCUT2D eigenvalue weighted by molar-refractivity contribution is 7.47. The summed E-state index contributed by atoms with van der Waals surface area (Å²) in [6.45, 7) is 3.53. The Hall–Kier alpha value is -2.55. The van der Waals surface area contributed by atoms with Gasteiger partial charge in [0.25, 0.3) is 0 Å². The number of carbonyl (C=O) groups is 1. The van der Waals surface area contributed by atoms with Crippen molar-refractivity contribution in [3.63, 3.8) is 0 Å². The van der Waals surface area contributed by atoms with E-state index in [4.69, 9.17) is 25.6 Å². The second kappa shape index (κ2) is 9.00. The fourth-order valence-electron chi connectivity index (χ4n) is 4.35. The average Bonchev–Trinajstić information content (AvgIpc) is 3.29. The highest BCUT2D eigenvalue weighted by Crippen LogP contribution is 2.55. The summed E-state index contributed by atoms with van der Waals surface area (Å²) in [5.41, 5.74) is 4.07. The van der Waals surface area contributed by atoms with Crippen molar-refractivity contribution in [1.82, 2.24) is 14.6 Å². The Morgan fingerprint density at radius 1 is 1.55 bits per heavy atom. The van der Waals surface area contributed by atoms with Crippen LogP contribution >= 0.6 is 7.82 Å². The first-order chi connectivity index (χ1) is 16.2. The molecular formula is C20H26N5O7P. The molecule has 0 bridgehead atoms. The lowest BCUT2D eigenvalue weighted by atomic mass is 9.91. The number of carbonyl (C=O) groups excluding carboxylic acids is 1. The van der Waals surface area contributed by atoms with E-state index >= 15 is 0 Å². The molecule has 4 heterocycles. The zero-order valence-electron chi connectivity index (χ0n) is 19.2. The number of ether oxygens (including phenoxy) is 2. The molecule has 2 fully saturated rings. The molecule has 3 N–H and O–H groups in total. The quantitative estimate of drug-likeness (QED) is 0.439. The number of nitrogens with two attached hydrogens (primary N) is 1. The third-order valence-electron chi connectivity index (χ3n) is 5.85. The molecule has 0 aliphatic carbocycles. The Morgan fingerprint density at radius 2 is 2.27 bits per heavy atom. The second-order valence-corrected chi connectivity index (χ2v) is 9.46. The first-order valence-corrected chi connectivity index (χ1v) is 12.2. The summed E-state index contributed by atoms with van der Waals surface area (Å²) in [6.07, 6.45) is 0.0830. The van der Waals surface area contributed by atoms with Gasteiger partial charge in [0.2, 0.25) is 5.60 Å². The molecule has 0 spiro atoms. The van der Waals surface area contributed by atoms with Gasteiger partial charge in [-0.2, -0.15) is 10.4 Å². The molecule has 2 saturated heterocycles. The summed E-state index contributed by atoms with van der Waals surface area (Å²) in [6, 6.07) is 3.29. The topological polar surface area (TPSA) is 171 Å². The summed E-state index contributed by atoms with van der Waals surface area (Å²) in [7, 11) is -4.47. The largest absolute Gasteiger partial charge is 0.472 e. The van der Waals surface area contributed by atoms with Gasteiger partial charge in [0.15, 0.2) is 11.9 Å². The maximum Gasteiger partial charge on any atom is 0.472 e. The monoisotopic (exact) mass is 480 g/mol. The molecule has 0 radical (unpaired) electrons. The van der Waals surface area contributed by atoms with Crippen molar-refractivity contribution in [2.75, 3.05) is 12.3 Å². The van der Waals surface area contributed by atoms with E-state index in [1.54, 1.807) is 0 Å². The third kappa shape index (κ3) is 4.11. The molecule has 178 valence electrons. The minimum atomic E-state index is -4.47. The van der Waals surface area contributed by atoms with Crippen molar-refractivity contribution in [2.24, 2.45) is 5.92 Å². The Bertz CT molecular complexity index is 1180. The van der Waals surface area contributed by atoms with Crippen molar-refractivity contribution in [3.8, 4) is 6.07 Å². The number of phosphoric ester groups is 1. The molecule has 4 rings (SSSR count). The number of rotatable bonds is 7. The summed E-state index contributed by atoms with van der Waals surface area (Å²) in [4.78, 5) is 27.0. The Balaban J connectivity index is 1.83. The standard InChI is InChI=1S/C20H26N5O7P/c1-3-5-12(6-4-2)19(26)30-17-16-14(9-29-33(27,28)32-16)31-20(17,10-21)15-8-7-13-18(22)23-11-24-25(13)15/h7-8,11-12,14,16-17H,3-6,9H2,1-2H3,(H,27,28)(H2,22,23,24)/t14-,16-,17-,20+/m1/s1/i7D. The van der Waals surface area contributed by atoms with Gasteiger partial charge >= 0.3 is 13.8 Å². The van der Waals surface area contributed by atoms with Crippen molar-refractivity contribution in [3.05, 3.63) is 24.1 Å². The van der Waals surface area contributed by atoms with Crippen LogP contribution in [0, 0.1) is 17.2 Å². The van der Waals surface area contributed by atoms with E-state index in [0.29, 0.717) is 12.8 Å². The molecule has 2 aromatic rings. The summed E-state index contributed by atoms with van der Waals surface area (Å²) >= 11 is 0. The minimum absolute atomic E-state index is 0.00805. The minimum Gasteiger partial charge on any atom is -0.454 e. The third-order valence-corrected chi connectivity index (χ3v) is 6.83. The van der Waals surface area contributed by atoms with Gasteiger partial charge in [-0.05, 0) is 25.0 Å². The summed E-state index contributed by atoms with van der Waals surface area (Å²) in [5.74, 6) is -0.991. The van der Waals surface area contributed by atoms with Crippen LogP contribution in [0.25, 0.3) is 5.52 Å². The van der Waals surface area contributed by atoms with E-state index in [2.05, 4.69) is 10.1 Å². The van der Waals surface area contributed by atoms with Crippen molar-refractivity contribution in [2.45, 2.75) is 63.4 Å². The van der Waals surface area contributed by atoms with E-state index in [1.807, 2.05) is 19.9 Å². The summed E-state index contributed by atoms with van der Waals surface area (Å²) in [5, 5.41) is 14.5. The Kier molecular flexibility index (Phi) is 6.07. The van der Waals surface area contributed by atoms with Gasteiger partial charge in [0, 0.05) is 0 Å². The highest BCUT2D eigenvalue weighted by atomic mass is 31.2. The van der Waals surface area contributed by atoms with Crippen LogP contribution in [0.1, 0.15) is 46.6 Å². The van der Waals surface area contributed by atoms with Gasteiger partial charge < -0.3 is 20.1 Å². The van der Waals surface area contributed by atoms with Crippen molar-refractivity contribution < 1.29 is 34.1 Å². The molecule has 13 heteroatoms. The van der Waals surface area contributed by atoms with Crippen LogP contribution in [0.2, 0.25) is 0 Å². The maximum absolute atomic E-state index is 13.2. The molecule has 0 amide bonds. The molecule has 2 aliphatic heterocycles. The van der Waals surface area contributed by atoms with E-state index in [9.17, 15) is 19.5 Å². The first-order valence-electron chi connectivity index (χ1n) is 11.2. The van der Waals surface area contributed by atoms with Gasteiger partial charge in [-0.3, -0.25) is 13.8 Å². The van der Waals surface area contributed by atoms with E-state index in [1.165, 1.54) is 10.6 Å². The van der Waals surface area contributed by atoms with Crippen molar-refractivity contribution in [1.29, 1.82) is 5.26 Å². The van der Waals surface area contributed by atoms with Crippen LogP contribution in [-0.2, 0) is 33.5 Å². The van der Waals surface area contributed by atoms with E-state index < -0.39 is 43.6 Å². The molecule has 2 aliphatic rings. The fraction of sp³-hybridized carbons (Fsp3) is 0.600. The SMILES string of the molecule is [2H]c1cc([C@]2(C#N)O[C@@H]3COP(=O)(O)O[C@H]3[C@H]2OC(=O)C(CCC)CCC)n2ncnc(N)c12. The van der Waals surface area contributed by atoms with Gasteiger partial charge in [0.1, 0.15) is 30.1 Å². The lowest BCUT2D eigenvalue weighted by Crippen LogP contribution is -2.46. The zero-order chi connectivity index (χ0) is 24.7. The van der Waals surface area contributed by atoms with Gasteiger partial charge in [-0.15, -0.1) is 0 Å². The number of nitrogen functional groups attached to an aromatic ring is 1. The average molecular weight is 480 g/mol. The van der Waals surface area contributed by atoms with E-state index in [0.717, 1.165) is 19.2 Å². The van der Waals surface area contributed by atoms with E-state index in [-0.39, 0.29) is 29.7 Å². The van der Waals surface area contributed by atoms with Crippen LogP contribution in [0.15, 0.2) is 18.4 Å². The molecule has 0 aromatic carbocycles. The Morgan fingerprint density at radius 3 is 2.94 bits per heavy atom. The molecule has 1 unspecified atom stereocenters. The number of anilines is 1. The molecule has 12 nitrogen and oxygen atoms in total. The predicted octanol–water partition coefficient (Wildman–Crippen LogP) is 2.07. The number of aromatic nitrogens is 3. The van der Waals surface area contributed by atoms with Gasteiger partial charge in [-0.25, -0.2) is 14.1 Å². The normalized spacial score (nSPS) is 31.8. The number of esters is 1. The number of fused-ring (bicyclic) bond motifs is 2. The molecule has 33 heavy (non-hydrogen) atoms. The first kappa shape index (κ1) is 22.3. The number of hydrogen-bond donors (Lipinski definition) is 2. The molecular weight excluding hydrogens is 453 g/mol. The Labute approximate surface area is 191 Å². The smallest absolute Gasteiger partial charge is 0.454 e. The highest BCUT2D eigenvalue weighted by Gasteiger charge is 2.64. The number of hydrogen-bond acceptors (Lipinski definition) is 10. The van der Waals surface area contributed by atoms with Gasteiger partial charge in [0.05, 0.1) is 19.6 Å². The number of nitrogens with zero attached hydrogens (tertiary/aromatic N) is 4. The predicted molar refractivity (Wildman–Crippen MR) is 113 cm³/mol. The maximum atomic E-state index is 13.2. The van der Waals surface area contributed by atoms with Crippen LogP contribution in [0.3, 0.4) is 0 Å². The second-order valence-electron chi connectivity index (χ2n) is 8.05. The van der Waals surface area contributed by atoms with Crippen LogP contribution in [0.4, 0.5) is 5.82 Å². The lowest BCUT2D eigenvalue weighted by Gasteiger charge is -2.31. The number of nitriles is 1. The van der Waals surface area contributed by atoms with Crippen LogP contribution < -0.4 is 5.73 Å². The number of phosphoric acid groups is 1.